The lowest BCUT2D eigenvalue weighted by Crippen LogP contribution is -2.29. The first-order valence-electron chi connectivity index (χ1n) is 21.8. The van der Waals surface area contributed by atoms with Crippen molar-refractivity contribution in [2.45, 2.75) is 187 Å². The van der Waals surface area contributed by atoms with Crippen molar-refractivity contribution in [3.63, 3.8) is 0 Å². The average Bonchev–Trinajstić information content (AvgIpc) is 3.17. The predicted octanol–water partition coefficient (Wildman–Crippen LogP) is 12.5. The molecule has 3 N–H and O–H groups in total. The molecule has 10 heteroatoms. The molecule has 0 aliphatic heterocycles. The zero-order valence-electron chi connectivity index (χ0n) is 34.9. The second-order valence-electron chi connectivity index (χ2n) is 14.2. The maximum Gasteiger partial charge on any atom is 0.472 e. The van der Waals surface area contributed by atoms with Crippen molar-refractivity contribution >= 4 is 19.8 Å². The fraction of sp³-hybridized carbons (Fsp3) is 0.733. The molecule has 9 nitrogen and oxygen atoms in total. The van der Waals surface area contributed by atoms with Crippen LogP contribution in [0.5, 0.6) is 0 Å². The predicted molar refractivity (Wildman–Crippen MR) is 229 cm³/mol. The van der Waals surface area contributed by atoms with Crippen molar-refractivity contribution in [1.82, 2.24) is 0 Å². The van der Waals surface area contributed by atoms with E-state index in [1.54, 1.807) is 0 Å². The fourth-order valence-electron chi connectivity index (χ4n) is 5.61. The number of hydrogen-bond acceptors (Lipinski definition) is 8. The van der Waals surface area contributed by atoms with Gasteiger partial charge in [-0.1, -0.05) is 145 Å². The van der Waals surface area contributed by atoms with E-state index >= 15 is 0 Å². The Balaban J connectivity index is 4.25. The van der Waals surface area contributed by atoms with Gasteiger partial charge in [0, 0.05) is 19.4 Å². The zero-order valence-corrected chi connectivity index (χ0v) is 35.8. The average molecular weight is 794 g/mol. The molecule has 1 unspecified atom stereocenters. The lowest BCUT2D eigenvalue weighted by atomic mass is 10.1. The molecule has 0 aromatic carbocycles. The summed E-state index contributed by atoms with van der Waals surface area (Å²) in [5.74, 6) is -0.893. The molecule has 0 bridgehead atoms. The van der Waals surface area contributed by atoms with Gasteiger partial charge < -0.3 is 20.1 Å². The Morgan fingerprint density at radius 3 is 1.49 bits per heavy atom. The molecule has 0 aliphatic carbocycles. The van der Waals surface area contributed by atoms with Crippen LogP contribution in [0.15, 0.2) is 60.8 Å². The second-order valence-corrected chi connectivity index (χ2v) is 15.7. The first-order valence-corrected chi connectivity index (χ1v) is 23.3. The van der Waals surface area contributed by atoms with Crippen molar-refractivity contribution in [3.05, 3.63) is 60.8 Å². The number of esters is 2. The Bertz CT molecular complexity index is 1090. The molecule has 0 saturated carbocycles. The standard InChI is InChI=1S/C45H80NO8P/c1-3-5-7-9-11-13-15-17-19-20-21-22-24-25-27-29-31-33-35-37-44(47)51-41-43(42-53-55(49,50)52-40-39-46)54-45(48)38-36-34-32-30-28-26-23-18-16-14-12-10-8-6-4-2/h11,13,17,19,21-22,25,27-28,30,43H,3-10,12,14-16,18,20,23-24,26,29,31-42,46H2,1-2H3,(H,49,50)/b13-11+,19-17+,22-21+,27-25+,30-28+/t43-/m1/s1. The summed E-state index contributed by atoms with van der Waals surface area (Å²) in [7, 11) is -4.39. The fourth-order valence-corrected chi connectivity index (χ4v) is 6.38. The number of allylic oxidation sites excluding steroid dienone is 10. The topological polar surface area (TPSA) is 134 Å². The molecule has 0 fully saturated rings. The highest BCUT2D eigenvalue weighted by molar-refractivity contribution is 7.47. The SMILES string of the molecule is CCCCC/C=C/C/C=C/C/C=C/C/C=C/CCCCCC(=O)OC[C@H](COP(=O)(O)OCCN)OC(=O)CCCC/C=C/CCCCCCCCCCC. The van der Waals surface area contributed by atoms with Gasteiger partial charge >= 0.3 is 19.8 Å². The minimum Gasteiger partial charge on any atom is -0.462 e. The number of unbranched alkanes of at least 4 members (excludes halogenated alkanes) is 17. The molecular weight excluding hydrogens is 713 g/mol. The molecule has 0 saturated heterocycles. The van der Waals surface area contributed by atoms with Crippen molar-refractivity contribution in [2.75, 3.05) is 26.4 Å². The first-order chi connectivity index (χ1) is 26.8. The Kier molecular flexibility index (Phi) is 39.6. The van der Waals surface area contributed by atoms with Gasteiger partial charge in [-0.05, 0) is 83.5 Å². The minimum atomic E-state index is -4.39. The van der Waals surface area contributed by atoms with Crippen LogP contribution in [0.1, 0.15) is 181 Å². The number of nitrogens with two attached hydrogens (primary N) is 1. The molecule has 0 aromatic heterocycles. The Hall–Kier alpha value is -2.29. The van der Waals surface area contributed by atoms with E-state index in [4.69, 9.17) is 24.3 Å². The second kappa shape index (κ2) is 41.3. The highest BCUT2D eigenvalue weighted by Gasteiger charge is 2.25. The Labute approximate surface area is 336 Å². The van der Waals surface area contributed by atoms with Crippen molar-refractivity contribution < 1.29 is 37.6 Å². The maximum absolute atomic E-state index is 12.6. The molecule has 0 rings (SSSR count). The number of phosphoric ester groups is 1. The monoisotopic (exact) mass is 794 g/mol. The Morgan fingerprint density at radius 2 is 0.945 bits per heavy atom. The van der Waals surface area contributed by atoms with Gasteiger partial charge in [-0.2, -0.15) is 0 Å². The largest absolute Gasteiger partial charge is 0.472 e. The van der Waals surface area contributed by atoms with Gasteiger partial charge in [0.15, 0.2) is 6.10 Å². The normalized spacial score (nSPS) is 13.9. The van der Waals surface area contributed by atoms with Crippen LogP contribution < -0.4 is 5.73 Å². The van der Waals surface area contributed by atoms with Crippen LogP contribution in [0.25, 0.3) is 0 Å². The van der Waals surface area contributed by atoms with E-state index in [2.05, 4.69) is 74.6 Å². The summed E-state index contributed by atoms with van der Waals surface area (Å²) in [5.41, 5.74) is 5.34. The van der Waals surface area contributed by atoms with Crippen molar-refractivity contribution in [3.8, 4) is 0 Å². The van der Waals surface area contributed by atoms with Crippen LogP contribution >= 0.6 is 7.82 Å². The van der Waals surface area contributed by atoms with E-state index in [1.807, 2.05) is 0 Å². The van der Waals surface area contributed by atoms with Gasteiger partial charge in [0.25, 0.3) is 0 Å². The smallest absolute Gasteiger partial charge is 0.462 e. The summed E-state index contributed by atoms with van der Waals surface area (Å²) < 4.78 is 32.7. The lowest BCUT2D eigenvalue weighted by Gasteiger charge is -2.19. The van der Waals surface area contributed by atoms with E-state index in [1.165, 1.54) is 83.5 Å². The third-order valence-corrected chi connectivity index (χ3v) is 9.86. The molecule has 0 amide bonds. The number of hydrogen-bond donors (Lipinski definition) is 2. The van der Waals surface area contributed by atoms with Crippen molar-refractivity contribution in [1.29, 1.82) is 0 Å². The van der Waals surface area contributed by atoms with Crippen LogP contribution in [0, 0.1) is 0 Å². The number of carbonyl (C=O) groups is 2. The van der Waals surface area contributed by atoms with Crippen LogP contribution in [0.2, 0.25) is 0 Å². The lowest BCUT2D eigenvalue weighted by molar-refractivity contribution is -0.161. The van der Waals surface area contributed by atoms with Crippen LogP contribution in [0.4, 0.5) is 0 Å². The third-order valence-electron chi connectivity index (χ3n) is 8.88. The maximum atomic E-state index is 12.6. The van der Waals surface area contributed by atoms with E-state index in [0.717, 1.165) is 57.8 Å². The number of ether oxygens (including phenoxy) is 2. The molecule has 0 aliphatic rings. The summed E-state index contributed by atoms with van der Waals surface area (Å²) in [6.07, 6.45) is 48.2. The van der Waals surface area contributed by atoms with Crippen LogP contribution in [0.3, 0.4) is 0 Å². The molecule has 55 heavy (non-hydrogen) atoms. The molecule has 0 radical (unpaired) electrons. The van der Waals surface area contributed by atoms with Gasteiger partial charge in [-0.3, -0.25) is 18.6 Å². The summed E-state index contributed by atoms with van der Waals surface area (Å²) in [5, 5.41) is 0. The van der Waals surface area contributed by atoms with E-state index < -0.39 is 32.5 Å². The number of rotatable bonds is 40. The number of phosphoric acid groups is 1. The zero-order chi connectivity index (χ0) is 40.3. The minimum absolute atomic E-state index is 0.0436. The molecule has 318 valence electrons. The van der Waals surface area contributed by atoms with Gasteiger partial charge in [-0.25, -0.2) is 4.57 Å². The van der Waals surface area contributed by atoms with Gasteiger partial charge in [0.05, 0.1) is 13.2 Å². The van der Waals surface area contributed by atoms with Gasteiger partial charge in [0.2, 0.25) is 0 Å². The molecule has 0 spiro atoms. The molecule has 0 heterocycles. The third kappa shape index (κ3) is 41.2. The summed E-state index contributed by atoms with van der Waals surface area (Å²) in [4.78, 5) is 34.8. The van der Waals surface area contributed by atoms with Crippen LogP contribution in [-0.2, 0) is 32.7 Å². The summed E-state index contributed by atoms with van der Waals surface area (Å²) >= 11 is 0. The molecular formula is C45H80NO8P. The van der Waals surface area contributed by atoms with Crippen molar-refractivity contribution in [2.24, 2.45) is 5.73 Å². The van der Waals surface area contributed by atoms with E-state index in [0.29, 0.717) is 12.8 Å². The van der Waals surface area contributed by atoms with Gasteiger partial charge in [0.1, 0.15) is 6.61 Å². The summed E-state index contributed by atoms with van der Waals surface area (Å²) in [6.45, 7) is 3.63. The molecule has 0 aromatic rings. The first kappa shape index (κ1) is 52.7. The van der Waals surface area contributed by atoms with Crippen LogP contribution in [-0.4, -0.2) is 49.3 Å². The highest BCUT2D eigenvalue weighted by Crippen LogP contribution is 2.43. The summed E-state index contributed by atoms with van der Waals surface area (Å²) in [6, 6.07) is 0. The number of carbonyl (C=O) groups excluding carboxylic acids is 2. The van der Waals surface area contributed by atoms with E-state index in [-0.39, 0.29) is 32.6 Å². The Morgan fingerprint density at radius 1 is 0.545 bits per heavy atom. The van der Waals surface area contributed by atoms with Gasteiger partial charge in [-0.15, -0.1) is 0 Å². The molecule has 2 atom stereocenters. The highest BCUT2D eigenvalue weighted by atomic mass is 31.2. The van der Waals surface area contributed by atoms with E-state index in [9.17, 15) is 19.0 Å². The quantitative estimate of drug-likeness (QED) is 0.0269.